The topological polar surface area (TPSA) is 139 Å². The lowest BCUT2D eigenvalue weighted by Crippen LogP contribution is -2.54. The van der Waals surface area contributed by atoms with Gasteiger partial charge in [0.05, 0.1) is 25.3 Å². The van der Waals surface area contributed by atoms with Gasteiger partial charge in [0.2, 0.25) is 5.95 Å². The number of halogens is 2. The van der Waals surface area contributed by atoms with Gasteiger partial charge in [-0.3, -0.25) is 19.7 Å². The summed E-state index contributed by atoms with van der Waals surface area (Å²) in [6.07, 6.45) is -1.38. The van der Waals surface area contributed by atoms with Crippen molar-refractivity contribution in [2.75, 3.05) is 25.5 Å². The minimum atomic E-state index is -1.60. The fourth-order valence-electron chi connectivity index (χ4n) is 4.43. The number of pyridine rings is 1. The van der Waals surface area contributed by atoms with E-state index in [1.54, 1.807) is 17.0 Å². The third-order valence-corrected chi connectivity index (χ3v) is 6.48. The number of methoxy groups -OCH3 is 1. The van der Waals surface area contributed by atoms with E-state index in [1.807, 2.05) is 36.4 Å². The molecular formula is C25H25F2N7O3. The SMILES string of the molecule is COC(=O)Nc1nn(C2(CC#N)CCN(Cc3ccc(-c4ccccc4)nc3F)CC2F)cc1C(N)=O. The Balaban J connectivity index is 1.54. The number of primary amides is 1. The lowest BCUT2D eigenvalue weighted by Gasteiger charge is -2.43. The normalized spacial score (nSPS) is 19.7. The zero-order valence-electron chi connectivity index (χ0n) is 20.0. The summed E-state index contributed by atoms with van der Waals surface area (Å²) in [5.41, 5.74) is 5.44. The van der Waals surface area contributed by atoms with E-state index in [9.17, 15) is 19.2 Å². The van der Waals surface area contributed by atoms with E-state index in [1.165, 1.54) is 10.9 Å². The van der Waals surface area contributed by atoms with Gasteiger partial charge < -0.3 is 10.5 Å². The molecular weight excluding hydrogens is 484 g/mol. The molecule has 2 unspecified atom stereocenters. The Bertz CT molecular complexity index is 1340. The third kappa shape index (κ3) is 5.26. The molecule has 1 aromatic carbocycles. The van der Waals surface area contributed by atoms with Gasteiger partial charge in [0, 0.05) is 37.0 Å². The number of nitrogens with zero attached hydrogens (tertiary/aromatic N) is 5. The maximum absolute atomic E-state index is 15.8. The highest BCUT2D eigenvalue weighted by Gasteiger charge is 2.46. The molecule has 1 saturated heterocycles. The molecule has 4 rings (SSSR count). The Morgan fingerprint density at radius 2 is 2.05 bits per heavy atom. The molecule has 2 amide bonds. The van der Waals surface area contributed by atoms with Crippen LogP contribution in [0.4, 0.5) is 19.4 Å². The molecule has 1 aliphatic rings. The van der Waals surface area contributed by atoms with E-state index in [0.29, 0.717) is 17.8 Å². The van der Waals surface area contributed by atoms with Crippen molar-refractivity contribution < 1.29 is 23.1 Å². The fourth-order valence-corrected chi connectivity index (χ4v) is 4.43. The first-order valence-corrected chi connectivity index (χ1v) is 11.5. The number of ether oxygens (including phenoxy) is 1. The van der Waals surface area contributed by atoms with E-state index in [2.05, 4.69) is 20.1 Å². The van der Waals surface area contributed by atoms with Crippen LogP contribution < -0.4 is 11.1 Å². The molecule has 1 fully saturated rings. The minimum absolute atomic E-state index is 0.118. The van der Waals surface area contributed by atoms with Crippen molar-refractivity contribution >= 4 is 17.8 Å². The molecule has 12 heteroatoms. The summed E-state index contributed by atoms with van der Waals surface area (Å²) >= 11 is 0. The average Bonchev–Trinajstić information content (AvgIpc) is 3.32. The number of aromatic nitrogens is 3. The van der Waals surface area contributed by atoms with E-state index in [4.69, 9.17) is 5.73 Å². The second-order valence-electron chi connectivity index (χ2n) is 8.72. The molecule has 2 aromatic heterocycles. The second kappa shape index (κ2) is 10.7. The Morgan fingerprint density at radius 3 is 2.68 bits per heavy atom. The van der Waals surface area contributed by atoms with E-state index < -0.39 is 29.7 Å². The van der Waals surface area contributed by atoms with Gasteiger partial charge in [-0.15, -0.1) is 0 Å². The predicted octanol–water partition coefficient (Wildman–Crippen LogP) is 3.21. The number of amides is 2. The Morgan fingerprint density at radius 1 is 1.30 bits per heavy atom. The number of alkyl halides is 1. The summed E-state index contributed by atoms with van der Waals surface area (Å²) in [5, 5.41) is 15.9. The maximum Gasteiger partial charge on any atom is 0.412 e. The summed E-state index contributed by atoms with van der Waals surface area (Å²) in [5.74, 6) is -1.72. The second-order valence-corrected chi connectivity index (χ2v) is 8.72. The number of benzene rings is 1. The monoisotopic (exact) mass is 509 g/mol. The lowest BCUT2D eigenvalue weighted by atomic mass is 9.83. The van der Waals surface area contributed by atoms with Crippen molar-refractivity contribution in [3.63, 3.8) is 0 Å². The Labute approximate surface area is 211 Å². The number of carbonyl (C=O) groups excluding carboxylic acids is 2. The van der Waals surface area contributed by atoms with Crippen LogP contribution >= 0.6 is 0 Å². The minimum Gasteiger partial charge on any atom is -0.453 e. The van der Waals surface area contributed by atoms with Crippen LogP contribution in [0.1, 0.15) is 28.8 Å². The first-order valence-electron chi connectivity index (χ1n) is 11.5. The van der Waals surface area contributed by atoms with Gasteiger partial charge in [-0.05, 0) is 12.5 Å². The fraction of sp³-hybridized carbons (Fsp3) is 0.320. The van der Waals surface area contributed by atoms with Gasteiger partial charge in [0.1, 0.15) is 17.3 Å². The zero-order valence-corrected chi connectivity index (χ0v) is 20.0. The molecule has 0 radical (unpaired) electrons. The summed E-state index contributed by atoms with van der Waals surface area (Å²) in [7, 11) is 1.13. The summed E-state index contributed by atoms with van der Waals surface area (Å²) in [6, 6.07) is 14.5. The third-order valence-electron chi connectivity index (χ3n) is 6.48. The van der Waals surface area contributed by atoms with Crippen molar-refractivity contribution in [2.24, 2.45) is 5.73 Å². The molecule has 10 nitrogen and oxygen atoms in total. The van der Waals surface area contributed by atoms with E-state index in [0.717, 1.165) is 12.7 Å². The molecule has 3 N–H and O–H groups in total. The quantitative estimate of drug-likeness (QED) is 0.466. The summed E-state index contributed by atoms with van der Waals surface area (Å²) < 4.78 is 36.3. The average molecular weight is 510 g/mol. The van der Waals surface area contributed by atoms with Crippen LogP contribution in [0.3, 0.4) is 0 Å². The smallest absolute Gasteiger partial charge is 0.412 e. The van der Waals surface area contributed by atoms with Gasteiger partial charge in [-0.1, -0.05) is 36.4 Å². The number of rotatable bonds is 7. The standard InChI is InChI=1S/C25H25F2N7O3/c1-37-24(36)31-23-18(22(29)35)14-34(32-23)25(9-11-28)10-12-33(15-20(25)26)13-17-7-8-19(30-21(17)27)16-5-3-2-4-6-16/h2-8,14,20H,9-10,12-13,15H2,1H3,(H2,29,35)(H,31,32,36). The number of piperidine rings is 1. The molecule has 2 atom stereocenters. The van der Waals surface area contributed by atoms with Crippen molar-refractivity contribution in [2.45, 2.75) is 31.1 Å². The van der Waals surface area contributed by atoms with Crippen molar-refractivity contribution in [3.8, 4) is 17.3 Å². The Kier molecular flexibility index (Phi) is 7.45. The van der Waals surface area contributed by atoms with E-state index in [-0.39, 0.29) is 37.3 Å². The highest BCUT2D eigenvalue weighted by atomic mass is 19.1. The molecule has 3 aromatic rings. The number of nitrogens with two attached hydrogens (primary N) is 1. The van der Waals surface area contributed by atoms with Crippen molar-refractivity contribution in [1.29, 1.82) is 5.26 Å². The first-order chi connectivity index (χ1) is 17.8. The number of nitriles is 1. The molecule has 192 valence electrons. The zero-order chi connectivity index (χ0) is 26.6. The summed E-state index contributed by atoms with van der Waals surface area (Å²) in [4.78, 5) is 29.3. The van der Waals surface area contributed by atoms with Crippen LogP contribution in [0.5, 0.6) is 0 Å². The van der Waals surface area contributed by atoms with Gasteiger partial charge in [0.15, 0.2) is 5.82 Å². The Hall–Kier alpha value is -4.37. The molecule has 1 aliphatic heterocycles. The highest BCUT2D eigenvalue weighted by molar-refractivity contribution is 6.00. The molecule has 3 heterocycles. The largest absolute Gasteiger partial charge is 0.453 e. The number of carbonyl (C=O) groups is 2. The van der Waals surface area contributed by atoms with Crippen LogP contribution in [0, 0.1) is 17.3 Å². The van der Waals surface area contributed by atoms with Crippen LogP contribution in [0.2, 0.25) is 0 Å². The molecule has 0 bridgehead atoms. The molecule has 0 saturated carbocycles. The number of likely N-dealkylation sites (tertiary alicyclic amines) is 1. The maximum atomic E-state index is 15.8. The number of anilines is 1. The molecule has 37 heavy (non-hydrogen) atoms. The summed E-state index contributed by atoms with van der Waals surface area (Å²) in [6.45, 7) is 0.318. The van der Waals surface area contributed by atoms with Crippen molar-refractivity contribution in [1.82, 2.24) is 19.7 Å². The number of hydrogen-bond acceptors (Lipinski definition) is 7. The van der Waals surface area contributed by atoms with Gasteiger partial charge in [-0.2, -0.15) is 14.8 Å². The van der Waals surface area contributed by atoms with Crippen molar-refractivity contribution in [3.05, 3.63) is 65.7 Å². The van der Waals surface area contributed by atoms with Crippen LogP contribution in [-0.4, -0.2) is 58.0 Å². The van der Waals surface area contributed by atoms with Crippen LogP contribution in [-0.2, 0) is 16.8 Å². The number of hydrogen-bond donors (Lipinski definition) is 2. The van der Waals surface area contributed by atoms with Crippen LogP contribution in [0.15, 0.2) is 48.7 Å². The highest BCUT2D eigenvalue weighted by Crippen LogP contribution is 2.37. The van der Waals surface area contributed by atoms with E-state index >= 15 is 4.39 Å². The van der Waals surface area contributed by atoms with Gasteiger partial charge >= 0.3 is 6.09 Å². The van der Waals surface area contributed by atoms with Gasteiger partial charge in [-0.25, -0.2) is 14.2 Å². The first kappa shape index (κ1) is 25.7. The van der Waals surface area contributed by atoms with Gasteiger partial charge in [0.25, 0.3) is 5.91 Å². The van der Waals surface area contributed by atoms with Crippen LogP contribution in [0.25, 0.3) is 11.3 Å². The lowest BCUT2D eigenvalue weighted by molar-refractivity contribution is 0.00652. The molecule has 0 aliphatic carbocycles. The number of nitrogens with one attached hydrogen (secondary N) is 1. The molecule has 0 spiro atoms. The predicted molar refractivity (Wildman–Crippen MR) is 129 cm³/mol.